The molecule has 4 aromatic rings. The highest BCUT2D eigenvalue weighted by Crippen LogP contribution is 2.35. The average molecular weight is 303 g/mol. The molecule has 0 unspecified atom stereocenters. The fourth-order valence-electron chi connectivity index (χ4n) is 3.56. The first-order chi connectivity index (χ1) is 11.2. The number of rotatable bonds is 3. The van der Waals surface area contributed by atoms with Gasteiger partial charge in [-0.2, -0.15) is 0 Å². The van der Waals surface area contributed by atoms with Crippen molar-refractivity contribution >= 4 is 32.6 Å². The maximum atomic E-state index is 4.29. The molecule has 4 rings (SSSR count). The molecule has 3 heteroatoms. The van der Waals surface area contributed by atoms with Crippen LogP contribution in [0.1, 0.15) is 5.56 Å². The monoisotopic (exact) mass is 303 g/mol. The number of fused-ring (bicyclic) bond motifs is 4. The second-order valence-electron chi connectivity index (χ2n) is 6.47. The fraction of sp³-hybridized carbons (Fsp3) is 0.250. The first-order valence-electron chi connectivity index (χ1n) is 8.06. The summed E-state index contributed by atoms with van der Waals surface area (Å²) >= 11 is 0. The Balaban J connectivity index is 2.13. The van der Waals surface area contributed by atoms with E-state index in [1.54, 1.807) is 0 Å². The van der Waals surface area contributed by atoms with E-state index in [9.17, 15) is 0 Å². The zero-order valence-corrected chi connectivity index (χ0v) is 13.9. The second-order valence-corrected chi connectivity index (χ2v) is 6.47. The summed E-state index contributed by atoms with van der Waals surface area (Å²) in [4.78, 5) is 6.53. The lowest BCUT2D eigenvalue weighted by atomic mass is 10.0. The van der Waals surface area contributed by atoms with Gasteiger partial charge in [0.15, 0.2) is 0 Å². The van der Waals surface area contributed by atoms with E-state index in [0.29, 0.717) is 0 Å². The van der Waals surface area contributed by atoms with Crippen LogP contribution in [0.25, 0.3) is 32.6 Å². The lowest BCUT2D eigenvalue weighted by molar-refractivity contribution is 0.389. The highest BCUT2D eigenvalue weighted by atomic mass is 15.1. The van der Waals surface area contributed by atoms with Gasteiger partial charge < -0.3 is 9.47 Å². The Hall–Kier alpha value is -2.39. The van der Waals surface area contributed by atoms with E-state index in [2.05, 4.69) is 71.9 Å². The summed E-state index contributed by atoms with van der Waals surface area (Å²) in [6.45, 7) is 4.26. The molecule has 0 aliphatic heterocycles. The third-order valence-electron chi connectivity index (χ3n) is 4.69. The van der Waals surface area contributed by atoms with E-state index < -0.39 is 0 Å². The highest BCUT2D eigenvalue weighted by Gasteiger charge is 2.14. The Morgan fingerprint density at radius 1 is 1.04 bits per heavy atom. The van der Waals surface area contributed by atoms with E-state index in [4.69, 9.17) is 0 Å². The lowest BCUT2D eigenvalue weighted by Gasteiger charge is -2.14. The molecular weight excluding hydrogens is 282 g/mol. The van der Waals surface area contributed by atoms with Gasteiger partial charge in [-0.15, -0.1) is 0 Å². The fourth-order valence-corrected chi connectivity index (χ4v) is 3.56. The molecule has 0 amide bonds. The third kappa shape index (κ3) is 2.20. The molecule has 0 bridgehead atoms. The van der Waals surface area contributed by atoms with Crippen molar-refractivity contribution < 1.29 is 0 Å². The molecular formula is C20H21N3. The van der Waals surface area contributed by atoms with Crippen LogP contribution < -0.4 is 0 Å². The molecule has 0 fully saturated rings. The molecule has 0 radical (unpaired) electrons. The normalized spacial score (nSPS) is 12.0. The minimum absolute atomic E-state index is 0.994. The van der Waals surface area contributed by atoms with Gasteiger partial charge in [0, 0.05) is 47.2 Å². The molecule has 0 atom stereocenters. The molecule has 0 aliphatic carbocycles. The van der Waals surface area contributed by atoms with E-state index in [1.807, 2.05) is 12.4 Å². The van der Waals surface area contributed by atoms with Gasteiger partial charge in [-0.3, -0.25) is 4.98 Å². The SMILES string of the molecule is Cc1c2ccncc2cc2c3ccccc3n(CCN(C)C)c12. The maximum Gasteiger partial charge on any atom is 0.0528 e. The standard InChI is InChI=1S/C20H21N3/c1-14-16-8-9-21-13-15(16)12-18-17-6-4-5-7-19(17)23(20(14)18)11-10-22(2)3/h4-9,12-13H,10-11H2,1-3H3. The number of aromatic nitrogens is 2. The quantitative estimate of drug-likeness (QED) is 0.565. The van der Waals surface area contributed by atoms with Crippen molar-refractivity contribution in [3.63, 3.8) is 0 Å². The highest BCUT2D eigenvalue weighted by molar-refractivity contribution is 6.14. The number of benzene rings is 2. The third-order valence-corrected chi connectivity index (χ3v) is 4.69. The number of likely N-dealkylation sites (N-methyl/N-ethyl adjacent to an activating group) is 1. The largest absolute Gasteiger partial charge is 0.339 e. The Morgan fingerprint density at radius 2 is 1.87 bits per heavy atom. The van der Waals surface area contributed by atoms with Crippen LogP contribution in [0.3, 0.4) is 0 Å². The van der Waals surface area contributed by atoms with Gasteiger partial charge in [0.25, 0.3) is 0 Å². The number of aryl methyl sites for hydroxylation is 1. The topological polar surface area (TPSA) is 21.1 Å². The minimum Gasteiger partial charge on any atom is -0.339 e. The van der Waals surface area contributed by atoms with E-state index in [0.717, 1.165) is 13.1 Å². The molecule has 2 heterocycles. The van der Waals surface area contributed by atoms with Crippen LogP contribution in [-0.4, -0.2) is 35.1 Å². The Bertz CT molecular complexity index is 1010. The summed E-state index contributed by atoms with van der Waals surface area (Å²) in [6.07, 6.45) is 3.85. The van der Waals surface area contributed by atoms with Gasteiger partial charge in [0.2, 0.25) is 0 Å². The Labute approximate surface area is 136 Å². The smallest absolute Gasteiger partial charge is 0.0528 e. The Kier molecular flexibility index (Phi) is 3.31. The summed E-state index contributed by atoms with van der Waals surface area (Å²) in [5.74, 6) is 0. The molecule has 0 aliphatic rings. The lowest BCUT2D eigenvalue weighted by Crippen LogP contribution is -2.18. The van der Waals surface area contributed by atoms with Crippen LogP contribution >= 0.6 is 0 Å². The van der Waals surface area contributed by atoms with Crippen molar-refractivity contribution in [1.82, 2.24) is 14.5 Å². The molecule has 3 nitrogen and oxygen atoms in total. The zero-order valence-electron chi connectivity index (χ0n) is 13.9. The molecule has 0 saturated carbocycles. The number of pyridine rings is 1. The van der Waals surface area contributed by atoms with E-state index in [-0.39, 0.29) is 0 Å². The number of nitrogens with zero attached hydrogens (tertiary/aromatic N) is 3. The molecule has 2 aromatic heterocycles. The van der Waals surface area contributed by atoms with Crippen molar-refractivity contribution in [2.24, 2.45) is 0 Å². The Morgan fingerprint density at radius 3 is 2.70 bits per heavy atom. The van der Waals surface area contributed by atoms with Gasteiger partial charge in [-0.1, -0.05) is 18.2 Å². The first-order valence-corrected chi connectivity index (χ1v) is 8.06. The minimum atomic E-state index is 0.994. The average Bonchev–Trinajstić information content (AvgIpc) is 2.87. The van der Waals surface area contributed by atoms with Gasteiger partial charge in [0.1, 0.15) is 0 Å². The van der Waals surface area contributed by atoms with Crippen LogP contribution in [0.2, 0.25) is 0 Å². The van der Waals surface area contributed by atoms with Gasteiger partial charge >= 0.3 is 0 Å². The van der Waals surface area contributed by atoms with Crippen LogP contribution in [0, 0.1) is 6.92 Å². The van der Waals surface area contributed by atoms with Crippen molar-refractivity contribution in [3.8, 4) is 0 Å². The van der Waals surface area contributed by atoms with Crippen molar-refractivity contribution in [1.29, 1.82) is 0 Å². The van der Waals surface area contributed by atoms with E-state index in [1.165, 1.54) is 38.1 Å². The number of para-hydroxylation sites is 1. The molecule has 0 spiro atoms. The summed E-state index contributed by atoms with van der Waals surface area (Å²) < 4.78 is 2.47. The molecule has 2 aromatic carbocycles. The molecule has 0 saturated heterocycles. The van der Waals surface area contributed by atoms with Crippen molar-refractivity contribution in [3.05, 3.63) is 54.4 Å². The summed E-state index contributed by atoms with van der Waals surface area (Å²) in [5, 5.41) is 5.17. The second kappa shape index (κ2) is 5.36. The van der Waals surface area contributed by atoms with Crippen LogP contribution in [0.5, 0.6) is 0 Å². The predicted molar refractivity (Wildman–Crippen MR) is 98.0 cm³/mol. The van der Waals surface area contributed by atoms with Crippen molar-refractivity contribution in [2.75, 3.05) is 20.6 Å². The number of hydrogen-bond donors (Lipinski definition) is 0. The molecule has 0 N–H and O–H groups in total. The number of hydrogen-bond acceptors (Lipinski definition) is 2. The summed E-state index contributed by atoms with van der Waals surface area (Å²) in [5.41, 5.74) is 4.01. The zero-order chi connectivity index (χ0) is 16.0. The van der Waals surface area contributed by atoms with Crippen LogP contribution in [0.15, 0.2) is 48.8 Å². The van der Waals surface area contributed by atoms with Gasteiger partial charge in [-0.05, 0) is 50.2 Å². The molecule has 23 heavy (non-hydrogen) atoms. The summed E-state index contributed by atoms with van der Waals surface area (Å²) in [6, 6.07) is 13.1. The van der Waals surface area contributed by atoms with E-state index >= 15 is 0 Å². The van der Waals surface area contributed by atoms with Crippen LogP contribution in [-0.2, 0) is 6.54 Å². The van der Waals surface area contributed by atoms with Crippen molar-refractivity contribution in [2.45, 2.75) is 13.5 Å². The first kappa shape index (κ1) is 14.2. The molecule has 116 valence electrons. The summed E-state index contributed by atoms with van der Waals surface area (Å²) in [7, 11) is 4.25. The van der Waals surface area contributed by atoms with Crippen LogP contribution in [0.4, 0.5) is 0 Å². The van der Waals surface area contributed by atoms with Gasteiger partial charge in [0.05, 0.1) is 5.52 Å². The predicted octanol–water partition coefficient (Wildman–Crippen LogP) is 4.21. The maximum absolute atomic E-state index is 4.29. The van der Waals surface area contributed by atoms with Gasteiger partial charge in [-0.25, -0.2) is 0 Å².